The van der Waals surface area contributed by atoms with Crippen LogP contribution < -0.4 is 9.19 Å². The lowest BCUT2D eigenvalue weighted by molar-refractivity contribution is -0.467. The molecule has 0 spiro atoms. The summed E-state index contributed by atoms with van der Waals surface area (Å²) in [5.41, 5.74) is 0.145. The molecular weight excluding hydrogens is 445 g/mol. The van der Waals surface area contributed by atoms with Gasteiger partial charge in [-0.1, -0.05) is 15.0 Å². The average molecular weight is 473 g/mol. The van der Waals surface area contributed by atoms with Gasteiger partial charge >= 0.3 is 22.4 Å². The van der Waals surface area contributed by atoms with Gasteiger partial charge in [0.25, 0.3) is 0 Å². The number of nitrogens with zero attached hydrogens (tertiary/aromatic N) is 3. The lowest BCUT2D eigenvalue weighted by Crippen LogP contribution is -2.39. The largest absolute Gasteiger partial charge is 0.488 e. The van der Waals surface area contributed by atoms with E-state index in [1.165, 1.54) is 6.07 Å². The first-order chi connectivity index (χ1) is 14.8. The molecule has 12 heteroatoms. The summed E-state index contributed by atoms with van der Waals surface area (Å²) in [5.74, 6) is -1.30. The maximum atomic E-state index is 13.4. The van der Waals surface area contributed by atoms with Gasteiger partial charge in [0, 0.05) is 6.07 Å². The second kappa shape index (κ2) is 9.10. The van der Waals surface area contributed by atoms with E-state index in [-0.39, 0.29) is 47.7 Å². The van der Waals surface area contributed by atoms with E-state index in [4.69, 9.17) is 4.74 Å². The highest BCUT2D eigenvalue weighted by Gasteiger charge is 2.40. The molecule has 0 aliphatic carbocycles. The summed E-state index contributed by atoms with van der Waals surface area (Å²) in [6.45, 7) is 6.78. The molecule has 2 aliphatic heterocycles. The summed E-state index contributed by atoms with van der Waals surface area (Å²) in [7, 11) is -5.30. The number of piperidine rings is 1. The Morgan fingerprint density at radius 2 is 1.88 bits per heavy atom. The predicted molar refractivity (Wildman–Crippen MR) is 112 cm³/mol. The van der Waals surface area contributed by atoms with Crippen LogP contribution in [0.1, 0.15) is 51.5 Å². The Balaban J connectivity index is 1.74. The first kappa shape index (κ1) is 24.1. The van der Waals surface area contributed by atoms with E-state index >= 15 is 0 Å². The summed E-state index contributed by atoms with van der Waals surface area (Å²) in [5, 5.41) is 1.13. The maximum Gasteiger partial charge on any atom is 0.488 e. The number of likely N-dealkylation sites (tertiary alicyclic amines) is 1. The molecule has 2 heterocycles. The highest BCUT2D eigenvalue weighted by Crippen LogP contribution is 2.38. The maximum absolute atomic E-state index is 13.4. The Labute approximate surface area is 186 Å². The Bertz CT molecular complexity index is 1010. The van der Waals surface area contributed by atoms with E-state index in [0.717, 1.165) is 5.01 Å². The van der Waals surface area contributed by atoms with Crippen LogP contribution in [0.2, 0.25) is 0 Å². The normalized spacial score (nSPS) is 18.8. The fourth-order valence-electron chi connectivity index (χ4n) is 3.92. The monoisotopic (exact) mass is 472 g/mol. The number of halogens is 1. The number of carbonyl (C=O) groups is 2. The molecule has 3 rings (SSSR count). The van der Waals surface area contributed by atoms with E-state index in [1.807, 2.05) is 4.90 Å². The van der Waals surface area contributed by atoms with E-state index < -0.39 is 22.0 Å². The molecule has 10 nitrogen and oxygen atoms in total. The van der Waals surface area contributed by atoms with Crippen LogP contribution in [0, 0.1) is 4.91 Å². The number of benzene rings is 1. The molecule has 0 atom stereocenters. The lowest BCUT2D eigenvalue weighted by atomic mass is 9.88. The Morgan fingerprint density at radius 3 is 2.41 bits per heavy atom. The molecule has 0 aromatic heterocycles. The van der Waals surface area contributed by atoms with Crippen LogP contribution in [0.4, 0.5) is 9.57 Å². The highest BCUT2D eigenvalue weighted by atomic mass is 32.3. The Morgan fingerprint density at radius 1 is 1.22 bits per heavy atom. The van der Waals surface area contributed by atoms with Crippen LogP contribution in [0.25, 0.3) is 0 Å². The second-order valence-corrected chi connectivity index (χ2v) is 9.83. The van der Waals surface area contributed by atoms with E-state index in [9.17, 15) is 26.8 Å². The van der Waals surface area contributed by atoms with Crippen molar-refractivity contribution < 1.29 is 35.7 Å². The number of amides is 1. The van der Waals surface area contributed by atoms with Crippen LogP contribution in [0.5, 0.6) is 5.75 Å². The molecule has 0 N–H and O–H groups in total. The van der Waals surface area contributed by atoms with Gasteiger partial charge in [0.1, 0.15) is 17.7 Å². The van der Waals surface area contributed by atoms with Crippen LogP contribution in [-0.2, 0) is 24.8 Å². The topological polar surface area (TPSA) is 113 Å². The number of ether oxygens (including phenoxy) is 1. The van der Waals surface area contributed by atoms with Crippen LogP contribution in [-0.4, -0.2) is 61.8 Å². The summed E-state index contributed by atoms with van der Waals surface area (Å²) in [4.78, 5) is 37.6. The molecule has 2 aliphatic rings. The lowest BCUT2D eigenvalue weighted by Gasteiger charge is -2.32. The number of esters is 1. The van der Waals surface area contributed by atoms with Gasteiger partial charge in [0.2, 0.25) is 4.87 Å². The SMILES string of the molecule is CC(C)(C)OC(=O)CN1CCC(c2ccc(N3CCC(=O)[N+]3=O)cc2OS(=O)(=O)F)CC1. The van der Waals surface area contributed by atoms with Crippen molar-refractivity contribution >= 4 is 28.1 Å². The third-order valence-electron chi connectivity index (χ3n) is 5.25. The molecule has 2 saturated heterocycles. The summed E-state index contributed by atoms with van der Waals surface area (Å²) in [6, 6.07) is 4.41. The van der Waals surface area contributed by atoms with Crippen molar-refractivity contribution in [2.75, 3.05) is 31.2 Å². The van der Waals surface area contributed by atoms with Gasteiger partial charge in [0.15, 0.2) is 5.75 Å². The smallest absolute Gasteiger partial charge is 0.459 e. The number of anilines is 1. The van der Waals surface area contributed by atoms with E-state index in [1.54, 1.807) is 32.9 Å². The van der Waals surface area contributed by atoms with Crippen molar-refractivity contribution in [3.05, 3.63) is 28.7 Å². The molecule has 1 aromatic rings. The molecule has 1 aromatic carbocycles. The molecule has 176 valence electrons. The first-order valence-corrected chi connectivity index (χ1v) is 11.6. The van der Waals surface area contributed by atoms with Crippen molar-refractivity contribution in [3.63, 3.8) is 0 Å². The van der Waals surface area contributed by atoms with Crippen molar-refractivity contribution in [2.45, 2.75) is 51.6 Å². The number of nitroso groups, excluding NO2 is 1. The minimum atomic E-state index is -5.30. The number of hydrazine groups is 1. The molecule has 0 saturated carbocycles. The van der Waals surface area contributed by atoms with Crippen LogP contribution in [0.15, 0.2) is 18.2 Å². The standard InChI is InChI=1S/C20H27FN3O7S/c1-20(2,3)30-19(26)13-22-9-6-14(7-10-22)16-5-4-15(12-17(16)31-32(21,28)29)23-11-8-18(25)24(23)27/h4-5,12,14H,6-11,13H2,1-3H3/q+1. The first-order valence-electron chi connectivity index (χ1n) is 10.3. The Hall–Kier alpha value is -2.60. The molecule has 0 unspecified atom stereocenters. The predicted octanol–water partition coefficient (Wildman–Crippen LogP) is 2.23. The summed E-state index contributed by atoms with van der Waals surface area (Å²) >= 11 is 0. The van der Waals surface area contributed by atoms with Crippen molar-refractivity contribution in [1.29, 1.82) is 0 Å². The molecule has 1 amide bonds. The zero-order valence-corrected chi connectivity index (χ0v) is 19.1. The Kier molecular flexibility index (Phi) is 6.84. The number of hydrogen-bond donors (Lipinski definition) is 0. The number of hydrogen-bond acceptors (Lipinski definition) is 8. The van der Waals surface area contributed by atoms with E-state index in [2.05, 4.69) is 4.18 Å². The van der Waals surface area contributed by atoms with Crippen LogP contribution in [0.3, 0.4) is 0 Å². The minimum Gasteiger partial charge on any atom is -0.459 e. The van der Waals surface area contributed by atoms with Gasteiger partial charge in [-0.15, -0.1) is 0 Å². The van der Waals surface area contributed by atoms with Gasteiger partial charge in [-0.25, -0.2) is 4.79 Å². The quantitative estimate of drug-likeness (QED) is 0.349. The third-order valence-corrected chi connectivity index (χ3v) is 5.63. The zero-order valence-electron chi connectivity index (χ0n) is 18.2. The van der Waals surface area contributed by atoms with Gasteiger partial charge in [-0.3, -0.25) is 9.69 Å². The van der Waals surface area contributed by atoms with Gasteiger partial charge in [0.05, 0.1) is 18.0 Å². The number of carbonyl (C=O) groups excluding carboxylic acids is 2. The van der Waals surface area contributed by atoms with E-state index in [0.29, 0.717) is 31.5 Å². The van der Waals surface area contributed by atoms with Gasteiger partial charge in [-0.2, -0.15) is 8.42 Å². The molecule has 0 radical (unpaired) electrons. The minimum absolute atomic E-state index is 0.0267. The summed E-state index contributed by atoms with van der Waals surface area (Å²) in [6.07, 6.45) is 1.19. The van der Waals surface area contributed by atoms with Crippen molar-refractivity contribution in [3.8, 4) is 5.75 Å². The van der Waals surface area contributed by atoms with Gasteiger partial charge in [-0.05, 0) is 64.3 Å². The van der Waals surface area contributed by atoms with Crippen molar-refractivity contribution in [1.82, 2.24) is 4.90 Å². The molecule has 32 heavy (non-hydrogen) atoms. The van der Waals surface area contributed by atoms with Crippen molar-refractivity contribution in [2.24, 2.45) is 0 Å². The van der Waals surface area contributed by atoms with Crippen LogP contribution >= 0.6 is 0 Å². The average Bonchev–Trinajstić information content (AvgIpc) is 2.98. The van der Waals surface area contributed by atoms with Gasteiger partial charge < -0.3 is 8.92 Å². The zero-order chi connectivity index (χ0) is 23.7. The second-order valence-electron chi connectivity index (χ2n) is 8.88. The third kappa shape index (κ3) is 6.22. The number of rotatable bonds is 6. The molecular formula is C20H27FN3O7S+. The fraction of sp³-hybridized carbons (Fsp3) is 0.600. The summed E-state index contributed by atoms with van der Waals surface area (Å²) < 4.78 is 45.6. The highest BCUT2D eigenvalue weighted by molar-refractivity contribution is 7.81. The molecule has 0 bridgehead atoms. The fourth-order valence-corrected chi connectivity index (χ4v) is 4.27. The molecule has 2 fully saturated rings.